The highest BCUT2D eigenvalue weighted by molar-refractivity contribution is 5.78. The molecule has 4 heteroatoms. The van der Waals surface area contributed by atoms with Crippen molar-refractivity contribution in [2.75, 3.05) is 32.7 Å². The van der Waals surface area contributed by atoms with Crippen LogP contribution in [0.2, 0.25) is 0 Å². The Kier molecular flexibility index (Phi) is 7.47. The molecular formula is C14H25N3O. The normalized spacial score (nSPS) is 18.8. The highest BCUT2D eigenvalue weighted by Crippen LogP contribution is 2.07. The second-order valence-electron chi connectivity index (χ2n) is 4.86. The first-order chi connectivity index (χ1) is 8.76. The molecule has 1 saturated heterocycles. The summed E-state index contributed by atoms with van der Waals surface area (Å²) in [4.78, 5) is 13.9. The van der Waals surface area contributed by atoms with Crippen LogP contribution in [0, 0.1) is 12.3 Å². The van der Waals surface area contributed by atoms with Crippen LogP contribution in [-0.2, 0) is 4.79 Å². The van der Waals surface area contributed by atoms with Crippen molar-refractivity contribution in [3.63, 3.8) is 0 Å². The summed E-state index contributed by atoms with van der Waals surface area (Å²) in [7, 11) is 0. The highest BCUT2D eigenvalue weighted by atomic mass is 16.2. The third-order valence-corrected chi connectivity index (χ3v) is 3.22. The summed E-state index contributed by atoms with van der Waals surface area (Å²) in [6, 6.07) is 0.544. The maximum atomic E-state index is 11.7. The Morgan fingerprint density at radius 2 is 2.44 bits per heavy atom. The van der Waals surface area contributed by atoms with Crippen LogP contribution in [0.4, 0.5) is 0 Å². The third kappa shape index (κ3) is 6.04. The number of nitrogens with one attached hydrogen (secondary N) is 2. The molecule has 4 nitrogen and oxygen atoms in total. The van der Waals surface area contributed by atoms with E-state index in [0.29, 0.717) is 19.1 Å². The molecule has 102 valence electrons. The summed E-state index contributed by atoms with van der Waals surface area (Å²) in [5.74, 6) is 2.46. The zero-order valence-electron chi connectivity index (χ0n) is 11.4. The van der Waals surface area contributed by atoms with Crippen LogP contribution >= 0.6 is 0 Å². The quantitative estimate of drug-likeness (QED) is 0.621. The lowest BCUT2D eigenvalue weighted by atomic mass is 10.2. The molecule has 0 radical (unpaired) electrons. The number of carbonyl (C=O) groups excluding carboxylic acids is 1. The molecule has 0 aromatic carbocycles. The monoisotopic (exact) mass is 251 g/mol. The van der Waals surface area contributed by atoms with Crippen LogP contribution in [-0.4, -0.2) is 49.6 Å². The van der Waals surface area contributed by atoms with Crippen molar-refractivity contribution in [2.45, 2.75) is 38.6 Å². The average Bonchev–Trinajstić information content (AvgIpc) is 2.86. The van der Waals surface area contributed by atoms with Gasteiger partial charge in [-0.1, -0.05) is 19.3 Å². The van der Waals surface area contributed by atoms with Gasteiger partial charge < -0.3 is 10.6 Å². The lowest BCUT2D eigenvalue weighted by Gasteiger charge is -2.24. The Bertz CT molecular complexity index is 279. The fraction of sp³-hybridized carbons (Fsp3) is 0.786. The van der Waals surface area contributed by atoms with Crippen molar-refractivity contribution in [1.82, 2.24) is 15.5 Å². The van der Waals surface area contributed by atoms with Gasteiger partial charge in [0, 0.05) is 12.6 Å². The summed E-state index contributed by atoms with van der Waals surface area (Å²) < 4.78 is 0. The molecule has 0 aromatic rings. The number of nitrogens with zero attached hydrogens (tertiary/aromatic N) is 1. The first-order valence-electron chi connectivity index (χ1n) is 6.92. The van der Waals surface area contributed by atoms with Crippen molar-refractivity contribution >= 4 is 5.91 Å². The topological polar surface area (TPSA) is 44.4 Å². The van der Waals surface area contributed by atoms with Gasteiger partial charge in [0.25, 0.3) is 0 Å². The van der Waals surface area contributed by atoms with E-state index in [0.717, 1.165) is 32.5 Å². The smallest absolute Gasteiger partial charge is 0.234 e. The molecular weight excluding hydrogens is 226 g/mol. The number of terminal acetylenes is 1. The molecule has 0 aromatic heterocycles. The van der Waals surface area contributed by atoms with E-state index in [4.69, 9.17) is 6.42 Å². The van der Waals surface area contributed by atoms with E-state index in [9.17, 15) is 4.79 Å². The third-order valence-electron chi connectivity index (χ3n) is 3.22. The van der Waals surface area contributed by atoms with Crippen LogP contribution in [0.15, 0.2) is 0 Å². The zero-order chi connectivity index (χ0) is 13.2. The Balaban J connectivity index is 2.33. The van der Waals surface area contributed by atoms with Gasteiger partial charge >= 0.3 is 0 Å². The van der Waals surface area contributed by atoms with Gasteiger partial charge in [0.1, 0.15) is 0 Å². The van der Waals surface area contributed by atoms with Crippen LogP contribution < -0.4 is 10.6 Å². The van der Waals surface area contributed by atoms with Crippen molar-refractivity contribution in [3.05, 3.63) is 0 Å². The van der Waals surface area contributed by atoms with Crippen molar-refractivity contribution in [2.24, 2.45) is 0 Å². The van der Waals surface area contributed by atoms with Gasteiger partial charge in [0.15, 0.2) is 0 Å². The minimum atomic E-state index is 0.0297. The van der Waals surface area contributed by atoms with Gasteiger partial charge in [0.2, 0.25) is 5.91 Å². The lowest BCUT2D eigenvalue weighted by Crippen LogP contribution is -2.43. The maximum absolute atomic E-state index is 11.7. The predicted molar refractivity (Wildman–Crippen MR) is 74.2 cm³/mol. The molecule has 1 heterocycles. The van der Waals surface area contributed by atoms with Gasteiger partial charge in [0.05, 0.1) is 13.1 Å². The molecule has 0 spiro atoms. The van der Waals surface area contributed by atoms with Gasteiger partial charge in [-0.2, -0.15) is 0 Å². The molecule has 1 rings (SSSR count). The molecule has 0 bridgehead atoms. The number of hydrogen-bond donors (Lipinski definition) is 2. The molecule has 1 unspecified atom stereocenters. The number of hydrogen-bond acceptors (Lipinski definition) is 3. The van der Waals surface area contributed by atoms with E-state index in [1.54, 1.807) is 0 Å². The fourth-order valence-electron chi connectivity index (χ4n) is 2.25. The minimum absolute atomic E-state index is 0.0297. The van der Waals surface area contributed by atoms with Gasteiger partial charge in [-0.05, 0) is 32.4 Å². The average molecular weight is 251 g/mol. The molecule has 2 N–H and O–H groups in total. The molecule has 1 atom stereocenters. The lowest BCUT2D eigenvalue weighted by molar-refractivity contribution is -0.122. The predicted octanol–water partition coefficient (Wildman–Crippen LogP) is 0.590. The summed E-state index contributed by atoms with van der Waals surface area (Å²) in [6.45, 7) is 6.00. The van der Waals surface area contributed by atoms with E-state index in [1.165, 1.54) is 12.8 Å². The summed E-state index contributed by atoms with van der Waals surface area (Å²) in [5.41, 5.74) is 0. The van der Waals surface area contributed by atoms with Gasteiger partial charge in [-0.3, -0.25) is 9.69 Å². The number of carbonyl (C=O) groups is 1. The van der Waals surface area contributed by atoms with E-state index < -0.39 is 0 Å². The molecule has 0 aliphatic carbocycles. The highest BCUT2D eigenvalue weighted by Gasteiger charge is 2.19. The second-order valence-corrected chi connectivity index (χ2v) is 4.86. The number of rotatable bonds is 8. The van der Waals surface area contributed by atoms with Crippen molar-refractivity contribution in [1.29, 1.82) is 0 Å². The first-order valence-corrected chi connectivity index (χ1v) is 6.92. The summed E-state index contributed by atoms with van der Waals surface area (Å²) in [5, 5.41) is 6.20. The van der Waals surface area contributed by atoms with Gasteiger partial charge in [-0.25, -0.2) is 0 Å². The number of amides is 1. The van der Waals surface area contributed by atoms with E-state index >= 15 is 0 Å². The fourth-order valence-corrected chi connectivity index (χ4v) is 2.25. The van der Waals surface area contributed by atoms with Crippen LogP contribution in [0.1, 0.15) is 32.6 Å². The molecule has 1 aliphatic rings. The zero-order valence-corrected chi connectivity index (χ0v) is 11.4. The SMILES string of the molecule is C#CCNC(=O)CN(CCCC)CC1CCCN1. The minimum Gasteiger partial charge on any atom is -0.344 e. The van der Waals surface area contributed by atoms with Crippen LogP contribution in [0.3, 0.4) is 0 Å². The molecule has 0 saturated carbocycles. The van der Waals surface area contributed by atoms with E-state index in [1.807, 2.05) is 0 Å². The number of unbranched alkanes of at least 4 members (excludes halogenated alkanes) is 1. The molecule has 1 fully saturated rings. The van der Waals surface area contributed by atoms with Gasteiger partial charge in [-0.15, -0.1) is 6.42 Å². The van der Waals surface area contributed by atoms with E-state index in [-0.39, 0.29) is 5.91 Å². The standard InChI is InChI=1S/C14H25N3O/c1-3-5-10-17(11-13-7-6-9-15-13)12-14(18)16-8-4-2/h2,13,15H,3,5-12H2,1H3,(H,16,18). The second kappa shape index (κ2) is 8.96. The van der Waals surface area contributed by atoms with Crippen molar-refractivity contribution < 1.29 is 4.79 Å². The van der Waals surface area contributed by atoms with E-state index in [2.05, 4.69) is 28.4 Å². The Morgan fingerprint density at radius 3 is 3.06 bits per heavy atom. The Morgan fingerprint density at radius 1 is 1.61 bits per heavy atom. The van der Waals surface area contributed by atoms with Crippen LogP contribution in [0.25, 0.3) is 0 Å². The Labute approximate surface area is 110 Å². The molecule has 18 heavy (non-hydrogen) atoms. The largest absolute Gasteiger partial charge is 0.344 e. The first kappa shape index (κ1) is 15.0. The molecule has 1 aliphatic heterocycles. The van der Waals surface area contributed by atoms with Crippen LogP contribution in [0.5, 0.6) is 0 Å². The summed E-state index contributed by atoms with van der Waals surface area (Å²) >= 11 is 0. The Hall–Kier alpha value is -1.05. The van der Waals surface area contributed by atoms with Crippen molar-refractivity contribution in [3.8, 4) is 12.3 Å². The summed E-state index contributed by atoms with van der Waals surface area (Å²) in [6.07, 6.45) is 9.88. The maximum Gasteiger partial charge on any atom is 0.234 e. The molecule has 1 amide bonds.